The molecule has 0 aliphatic carbocycles. The van der Waals surface area contributed by atoms with E-state index < -0.39 is 0 Å². The molecule has 0 radical (unpaired) electrons. The fourth-order valence-electron chi connectivity index (χ4n) is 2.26. The van der Waals surface area contributed by atoms with E-state index in [4.69, 9.17) is 4.52 Å². The minimum atomic E-state index is -0.240. The molecule has 0 unspecified atom stereocenters. The Kier molecular flexibility index (Phi) is 4.68. The molecule has 10 heteroatoms. The summed E-state index contributed by atoms with van der Waals surface area (Å²) >= 11 is 0. The second-order valence-electron chi connectivity index (χ2n) is 5.36. The first kappa shape index (κ1) is 16.6. The van der Waals surface area contributed by atoms with Gasteiger partial charge in [-0.15, -0.1) is 5.10 Å². The molecule has 0 spiro atoms. The van der Waals surface area contributed by atoms with E-state index >= 15 is 0 Å². The van der Waals surface area contributed by atoms with Gasteiger partial charge in [-0.3, -0.25) is 0 Å². The number of carbonyl (C=O) groups excluding carboxylic acids is 1. The number of carbonyl (C=O) groups is 1. The van der Waals surface area contributed by atoms with Crippen LogP contribution in [0, 0.1) is 13.8 Å². The molecule has 0 fully saturated rings. The van der Waals surface area contributed by atoms with Crippen molar-refractivity contribution in [3.8, 4) is 5.69 Å². The van der Waals surface area contributed by atoms with E-state index in [0.29, 0.717) is 29.8 Å². The number of amides is 2. The van der Waals surface area contributed by atoms with Crippen LogP contribution in [0.2, 0.25) is 0 Å². The van der Waals surface area contributed by atoms with E-state index in [-0.39, 0.29) is 12.6 Å². The van der Waals surface area contributed by atoms with Gasteiger partial charge in [0.2, 0.25) is 5.89 Å². The topological polar surface area (TPSA) is 115 Å². The maximum Gasteiger partial charge on any atom is 0.322 e. The number of nitrogens with one attached hydrogen (secondary N) is 1. The molecular weight excluding hydrogens is 324 g/mol. The number of tetrazole rings is 1. The molecule has 2 aromatic heterocycles. The Hall–Kier alpha value is -3.30. The van der Waals surface area contributed by atoms with Crippen LogP contribution in [0.15, 0.2) is 28.8 Å². The summed E-state index contributed by atoms with van der Waals surface area (Å²) in [6.45, 7) is 6.20. The minimum absolute atomic E-state index is 0.240. The number of urea groups is 1. The molecule has 2 heterocycles. The van der Waals surface area contributed by atoms with Gasteiger partial charge in [-0.25, -0.2) is 4.79 Å². The van der Waals surface area contributed by atoms with Gasteiger partial charge in [0.15, 0.2) is 11.6 Å². The van der Waals surface area contributed by atoms with Crippen LogP contribution in [0.4, 0.5) is 10.5 Å². The predicted molar refractivity (Wildman–Crippen MR) is 88.0 cm³/mol. The summed E-state index contributed by atoms with van der Waals surface area (Å²) in [5.74, 6) is 1.63. The lowest BCUT2D eigenvalue weighted by Crippen LogP contribution is -2.34. The number of aromatic nitrogens is 6. The Morgan fingerprint density at radius 3 is 2.60 bits per heavy atom. The summed E-state index contributed by atoms with van der Waals surface area (Å²) in [5.41, 5.74) is 1.48. The first-order valence-electron chi connectivity index (χ1n) is 7.77. The van der Waals surface area contributed by atoms with E-state index in [1.165, 1.54) is 0 Å². The van der Waals surface area contributed by atoms with E-state index in [9.17, 15) is 4.79 Å². The van der Waals surface area contributed by atoms with Gasteiger partial charge in [0.05, 0.1) is 12.2 Å². The van der Waals surface area contributed by atoms with Crippen LogP contribution in [0.1, 0.15) is 24.5 Å². The second-order valence-corrected chi connectivity index (χ2v) is 5.36. The average Bonchev–Trinajstić information content (AvgIpc) is 3.21. The zero-order chi connectivity index (χ0) is 17.8. The largest absolute Gasteiger partial charge is 0.340 e. The fraction of sp³-hybridized carbons (Fsp3) is 0.333. The molecule has 0 bridgehead atoms. The van der Waals surface area contributed by atoms with E-state index in [1.807, 2.05) is 26.0 Å². The van der Waals surface area contributed by atoms with Crippen molar-refractivity contribution in [1.29, 1.82) is 0 Å². The summed E-state index contributed by atoms with van der Waals surface area (Å²) in [6, 6.07) is 7.01. The van der Waals surface area contributed by atoms with Crippen LogP contribution < -0.4 is 5.32 Å². The number of rotatable bonds is 5. The van der Waals surface area contributed by atoms with Crippen molar-refractivity contribution in [1.82, 2.24) is 35.2 Å². The van der Waals surface area contributed by atoms with Crippen LogP contribution in [0.3, 0.4) is 0 Å². The molecule has 25 heavy (non-hydrogen) atoms. The smallest absolute Gasteiger partial charge is 0.322 e. The lowest BCUT2D eigenvalue weighted by Gasteiger charge is -2.19. The van der Waals surface area contributed by atoms with Crippen LogP contribution in [0.25, 0.3) is 5.69 Å². The predicted octanol–water partition coefficient (Wildman–Crippen LogP) is 1.72. The van der Waals surface area contributed by atoms with Crippen molar-refractivity contribution in [2.75, 3.05) is 11.9 Å². The highest BCUT2D eigenvalue weighted by atomic mass is 16.5. The highest BCUT2D eigenvalue weighted by Crippen LogP contribution is 2.14. The van der Waals surface area contributed by atoms with E-state index in [0.717, 1.165) is 5.69 Å². The third kappa shape index (κ3) is 3.79. The van der Waals surface area contributed by atoms with Crippen LogP contribution in [-0.4, -0.2) is 47.8 Å². The Labute approximate surface area is 143 Å². The molecule has 130 valence electrons. The minimum Gasteiger partial charge on any atom is -0.340 e. The third-order valence-electron chi connectivity index (χ3n) is 3.56. The van der Waals surface area contributed by atoms with Crippen LogP contribution in [0.5, 0.6) is 0 Å². The summed E-state index contributed by atoms with van der Waals surface area (Å²) in [4.78, 5) is 18.1. The number of nitrogens with zero attached hydrogens (tertiary/aromatic N) is 7. The number of benzene rings is 1. The molecule has 0 saturated heterocycles. The van der Waals surface area contributed by atoms with Crippen molar-refractivity contribution in [3.63, 3.8) is 0 Å². The zero-order valence-electron chi connectivity index (χ0n) is 14.2. The monoisotopic (exact) mass is 342 g/mol. The molecule has 0 saturated carbocycles. The molecule has 0 aliphatic heterocycles. The van der Waals surface area contributed by atoms with Gasteiger partial charge >= 0.3 is 6.03 Å². The Morgan fingerprint density at radius 2 is 2.04 bits per heavy atom. The molecule has 3 aromatic rings. The fourth-order valence-corrected chi connectivity index (χ4v) is 2.26. The molecule has 3 rings (SSSR count). The maximum absolute atomic E-state index is 12.4. The van der Waals surface area contributed by atoms with Crippen molar-refractivity contribution in [3.05, 3.63) is 41.8 Å². The Morgan fingerprint density at radius 1 is 1.28 bits per heavy atom. The molecule has 0 atom stereocenters. The molecule has 1 N–H and O–H groups in total. The van der Waals surface area contributed by atoms with Gasteiger partial charge in [-0.05, 0) is 48.5 Å². The quantitative estimate of drug-likeness (QED) is 0.750. The van der Waals surface area contributed by atoms with Crippen molar-refractivity contribution < 1.29 is 9.32 Å². The number of aryl methyl sites for hydroxylation is 2. The first-order valence-corrected chi connectivity index (χ1v) is 7.77. The van der Waals surface area contributed by atoms with E-state index in [2.05, 4.69) is 31.0 Å². The molecule has 10 nitrogen and oxygen atoms in total. The summed E-state index contributed by atoms with van der Waals surface area (Å²) < 4.78 is 6.54. The molecular formula is C15H18N8O2. The summed E-state index contributed by atoms with van der Waals surface area (Å²) in [5, 5.41) is 18.0. The van der Waals surface area contributed by atoms with Gasteiger partial charge in [-0.2, -0.15) is 9.67 Å². The second kappa shape index (κ2) is 7.07. The van der Waals surface area contributed by atoms with Crippen molar-refractivity contribution >= 4 is 11.7 Å². The average molecular weight is 342 g/mol. The number of anilines is 1. The number of hydrogen-bond acceptors (Lipinski definition) is 7. The highest BCUT2D eigenvalue weighted by Gasteiger charge is 2.15. The third-order valence-corrected chi connectivity index (χ3v) is 3.56. The summed E-state index contributed by atoms with van der Waals surface area (Å²) in [6.07, 6.45) is 0. The van der Waals surface area contributed by atoms with Crippen LogP contribution >= 0.6 is 0 Å². The van der Waals surface area contributed by atoms with Gasteiger partial charge in [-0.1, -0.05) is 5.16 Å². The maximum atomic E-state index is 12.4. The summed E-state index contributed by atoms with van der Waals surface area (Å²) in [7, 11) is 0. The zero-order valence-corrected chi connectivity index (χ0v) is 14.2. The highest BCUT2D eigenvalue weighted by molar-refractivity contribution is 5.89. The molecule has 0 aliphatic rings. The normalized spacial score (nSPS) is 10.7. The van der Waals surface area contributed by atoms with Gasteiger partial charge in [0, 0.05) is 19.2 Å². The van der Waals surface area contributed by atoms with Crippen LogP contribution in [-0.2, 0) is 6.54 Å². The molecule has 1 aromatic carbocycles. The van der Waals surface area contributed by atoms with E-state index in [1.54, 1.807) is 28.6 Å². The SMILES string of the molecule is CCN(Cc1noc(C)n1)C(=O)Nc1ccc(-n2nnnc2C)cc1. The Balaban J connectivity index is 1.66. The first-order chi connectivity index (χ1) is 12.1. The van der Waals surface area contributed by atoms with Crippen molar-refractivity contribution in [2.45, 2.75) is 27.3 Å². The Bertz CT molecular complexity index is 855. The lowest BCUT2D eigenvalue weighted by atomic mass is 10.3. The lowest BCUT2D eigenvalue weighted by molar-refractivity contribution is 0.210. The molecule has 2 amide bonds. The number of hydrogen-bond donors (Lipinski definition) is 1. The van der Waals surface area contributed by atoms with Crippen molar-refractivity contribution in [2.24, 2.45) is 0 Å². The van der Waals surface area contributed by atoms with Gasteiger partial charge < -0.3 is 14.7 Å². The standard InChI is InChI=1S/C15H18N8O2/c1-4-22(9-14-16-11(3)25-19-14)15(24)17-12-5-7-13(8-6-12)23-10(2)18-20-21-23/h5-8H,4,9H2,1-3H3,(H,17,24). The van der Waals surface area contributed by atoms with Gasteiger partial charge in [0.1, 0.15) is 0 Å². The van der Waals surface area contributed by atoms with Gasteiger partial charge in [0.25, 0.3) is 0 Å².